The van der Waals surface area contributed by atoms with E-state index in [9.17, 15) is 18.4 Å². The summed E-state index contributed by atoms with van der Waals surface area (Å²) in [5, 5.41) is 2.26. The molecule has 0 heterocycles. The summed E-state index contributed by atoms with van der Waals surface area (Å²) in [7, 11) is 0. The lowest BCUT2D eigenvalue weighted by Gasteiger charge is -2.18. The van der Waals surface area contributed by atoms with Crippen LogP contribution in [-0.4, -0.2) is 18.5 Å². The molecule has 0 spiro atoms. The van der Waals surface area contributed by atoms with Crippen LogP contribution in [0.2, 0.25) is 0 Å². The number of rotatable bonds is 4. The Labute approximate surface area is 117 Å². The van der Waals surface area contributed by atoms with Gasteiger partial charge in [0.15, 0.2) is 0 Å². The third-order valence-corrected chi connectivity index (χ3v) is 2.66. The molecule has 1 amide bonds. The average molecular weight is 336 g/mol. The van der Waals surface area contributed by atoms with Crippen molar-refractivity contribution >= 4 is 33.5 Å². The van der Waals surface area contributed by atoms with Crippen molar-refractivity contribution in [2.45, 2.75) is 19.8 Å². The zero-order valence-electron chi connectivity index (χ0n) is 10.3. The van der Waals surface area contributed by atoms with E-state index in [2.05, 4.69) is 26.0 Å². The number of benzene rings is 1. The highest BCUT2D eigenvalue weighted by atomic mass is 79.9. The Morgan fingerprint density at radius 2 is 2.05 bits per heavy atom. The topological polar surface area (TPSA) is 55.4 Å². The minimum Gasteiger partial charge on any atom is -0.461 e. The zero-order chi connectivity index (χ0) is 14.6. The number of carbonyl (C=O) groups is 2. The maximum absolute atomic E-state index is 14.0. The van der Waals surface area contributed by atoms with Crippen molar-refractivity contribution in [3.05, 3.63) is 28.2 Å². The summed E-state index contributed by atoms with van der Waals surface area (Å²) < 4.78 is 32.7. The molecule has 1 rings (SSSR count). The van der Waals surface area contributed by atoms with Crippen molar-refractivity contribution in [1.29, 1.82) is 0 Å². The Morgan fingerprint density at radius 3 is 2.58 bits per heavy atom. The molecule has 4 nitrogen and oxygen atoms in total. The van der Waals surface area contributed by atoms with Gasteiger partial charge in [0.2, 0.25) is 5.91 Å². The fourth-order valence-corrected chi connectivity index (χ4v) is 1.77. The number of hydrogen-bond acceptors (Lipinski definition) is 3. The fourth-order valence-electron chi connectivity index (χ4n) is 1.41. The van der Waals surface area contributed by atoms with Crippen LogP contribution in [0.15, 0.2) is 22.7 Å². The Bertz CT molecular complexity index is 506. The van der Waals surface area contributed by atoms with Gasteiger partial charge in [-0.25, -0.2) is 4.79 Å². The van der Waals surface area contributed by atoms with Crippen LogP contribution >= 0.6 is 15.9 Å². The maximum atomic E-state index is 14.0. The lowest BCUT2D eigenvalue weighted by Crippen LogP contribution is -2.29. The summed E-state index contributed by atoms with van der Waals surface area (Å²) in [6.45, 7) is 2.47. The van der Waals surface area contributed by atoms with E-state index in [1.807, 2.05) is 0 Å². The fraction of sp³-hybridized carbons (Fsp3) is 0.333. The molecule has 0 fully saturated rings. The molecule has 0 saturated carbocycles. The molecule has 0 aromatic heterocycles. The van der Waals surface area contributed by atoms with Crippen LogP contribution in [0.4, 0.5) is 14.5 Å². The Morgan fingerprint density at radius 1 is 1.42 bits per heavy atom. The predicted molar refractivity (Wildman–Crippen MR) is 69.0 cm³/mol. The first-order chi connectivity index (χ1) is 8.78. The number of hydrogen-bond donors (Lipinski definition) is 1. The second-order valence-electron chi connectivity index (χ2n) is 3.67. The molecule has 1 aromatic carbocycles. The largest absolute Gasteiger partial charge is 0.461 e. The number of carbonyl (C=O) groups excluding carboxylic acids is 2. The van der Waals surface area contributed by atoms with Crippen molar-refractivity contribution in [1.82, 2.24) is 0 Å². The van der Waals surface area contributed by atoms with Gasteiger partial charge in [0.05, 0.1) is 17.9 Å². The molecule has 0 unspecified atom stereocenters. The summed E-state index contributed by atoms with van der Waals surface area (Å²) in [4.78, 5) is 22.3. The highest BCUT2D eigenvalue weighted by Gasteiger charge is 2.44. The van der Waals surface area contributed by atoms with E-state index in [4.69, 9.17) is 0 Å². The number of amides is 1. The third-order valence-electron chi connectivity index (χ3n) is 2.16. The molecule has 0 radical (unpaired) electrons. The van der Waals surface area contributed by atoms with E-state index < -0.39 is 23.4 Å². The van der Waals surface area contributed by atoms with Gasteiger partial charge in [-0.15, -0.1) is 0 Å². The molecule has 0 aliphatic heterocycles. The van der Waals surface area contributed by atoms with Gasteiger partial charge in [-0.2, -0.15) is 8.78 Å². The number of esters is 1. The van der Waals surface area contributed by atoms with Gasteiger partial charge in [-0.1, -0.05) is 15.9 Å². The van der Waals surface area contributed by atoms with Gasteiger partial charge in [-0.3, -0.25) is 4.79 Å². The number of alkyl halides is 2. The molecule has 19 heavy (non-hydrogen) atoms. The smallest absolute Gasteiger partial charge is 0.382 e. The Hall–Kier alpha value is -1.50. The maximum Gasteiger partial charge on any atom is 0.382 e. The van der Waals surface area contributed by atoms with Crippen LogP contribution in [0.3, 0.4) is 0 Å². The second kappa shape index (κ2) is 6.10. The van der Waals surface area contributed by atoms with E-state index in [-0.39, 0.29) is 12.3 Å². The van der Waals surface area contributed by atoms with Crippen LogP contribution in [0.1, 0.15) is 19.4 Å². The molecule has 0 aliphatic carbocycles. The van der Waals surface area contributed by atoms with Crippen LogP contribution in [0.25, 0.3) is 0 Å². The molecular weight excluding hydrogens is 324 g/mol. The lowest BCUT2D eigenvalue weighted by atomic mass is 10.1. The standard InChI is InChI=1S/C12H12BrF2NO3/c1-3-19-11(18)12(14,15)9-6-8(13)4-5-10(9)16-7(2)17/h4-6H,3H2,1-2H3,(H,16,17). The SMILES string of the molecule is CCOC(=O)C(F)(F)c1cc(Br)ccc1NC(C)=O. The van der Waals surface area contributed by atoms with Crippen LogP contribution in [0.5, 0.6) is 0 Å². The second-order valence-corrected chi connectivity index (χ2v) is 4.58. The third kappa shape index (κ3) is 3.73. The highest BCUT2D eigenvalue weighted by molar-refractivity contribution is 9.10. The quantitative estimate of drug-likeness (QED) is 0.860. The van der Waals surface area contributed by atoms with Crippen molar-refractivity contribution in [3.63, 3.8) is 0 Å². The number of nitrogens with one attached hydrogen (secondary N) is 1. The number of halogens is 3. The molecular formula is C12H12BrF2NO3. The van der Waals surface area contributed by atoms with Crippen molar-refractivity contribution in [2.24, 2.45) is 0 Å². The Kier molecular flexibility index (Phi) is 4.99. The number of anilines is 1. The lowest BCUT2D eigenvalue weighted by molar-refractivity contribution is -0.173. The minimum absolute atomic E-state index is 0.131. The monoisotopic (exact) mass is 335 g/mol. The summed E-state index contributed by atoms with van der Waals surface area (Å²) in [5.74, 6) is -6.00. The summed E-state index contributed by atoms with van der Waals surface area (Å²) >= 11 is 3.04. The van der Waals surface area contributed by atoms with Crippen LogP contribution in [0, 0.1) is 0 Å². The van der Waals surface area contributed by atoms with Gasteiger partial charge in [0, 0.05) is 11.4 Å². The zero-order valence-corrected chi connectivity index (χ0v) is 11.9. The van der Waals surface area contributed by atoms with Crippen LogP contribution < -0.4 is 5.32 Å². The number of ether oxygens (including phenoxy) is 1. The molecule has 0 aliphatic rings. The van der Waals surface area contributed by atoms with Gasteiger partial charge in [-0.05, 0) is 25.1 Å². The first-order valence-electron chi connectivity index (χ1n) is 5.41. The van der Waals surface area contributed by atoms with E-state index >= 15 is 0 Å². The van der Waals surface area contributed by atoms with E-state index in [0.29, 0.717) is 4.47 Å². The molecule has 104 valence electrons. The van der Waals surface area contributed by atoms with Crippen molar-refractivity contribution in [2.75, 3.05) is 11.9 Å². The predicted octanol–water partition coefficient (Wildman–Crippen LogP) is 3.06. The van der Waals surface area contributed by atoms with E-state index in [1.54, 1.807) is 0 Å². The van der Waals surface area contributed by atoms with Crippen molar-refractivity contribution in [3.8, 4) is 0 Å². The summed E-state index contributed by atoms with van der Waals surface area (Å²) in [6.07, 6.45) is 0. The minimum atomic E-state index is -3.84. The molecule has 1 aromatic rings. The van der Waals surface area contributed by atoms with E-state index in [1.165, 1.54) is 26.0 Å². The highest BCUT2D eigenvalue weighted by Crippen LogP contribution is 2.36. The van der Waals surface area contributed by atoms with Gasteiger partial charge < -0.3 is 10.1 Å². The normalized spacial score (nSPS) is 11.0. The molecule has 0 atom stereocenters. The van der Waals surface area contributed by atoms with Gasteiger partial charge >= 0.3 is 11.9 Å². The summed E-state index contributed by atoms with van der Waals surface area (Å²) in [5.41, 5.74) is -0.746. The van der Waals surface area contributed by atoms with Gasteiger partial charge in [0.25, 0.3) is 0 Å². The summed E-state index contributed by atoms with van der Waals surface area (Å²) in [6, 6.07) is 3.84. The van der Waals surface area contributed by atoms with Crippen LogP contribution in [-0.2, 0) is 20.2 Å². The molecule has 1 N–H and O–H groups in total. The average Bonchev–Trinajstić information content (AvgIpc) is 2.31. The first kappa shape index (κ1) is 15.6. The van der Waals surface area contributed by atoms with Crippen molar-refractivity contribution < 1.29 is 23.1 Å². The van der Waals surface area contributed by atoms with Gasteiger partial charge in [0.1, 0.15) is 0 Å². The molecule has 0 saturated heterocycles. The molecule has 7 heteroatoms. The van der Waals surface area contributed by atoms with E-state index in [0.717, 1.165) is 6.07 Å². The Balaban J connectivity index is 3.26. The first-order valence-corrected chi connectivity index (χ1v) is 6.21. The molecule has 0 bridgehead atoms.